The number of hydrogen-bond acceptors (Lipinski definition) is 2. The van der Waals surface area contributed by atoms with E-state index < -0.39 is 0 Å². The van der Waals surface area contributed by atoms with Crippen molar-refractivity contribution in [3.63, 3.8) is 0 Å². The van der Waals surface area contributed by atoms with Crippen LogP contribution in [0.4, 0.5) is 4.39 Å². The van der Waals surface area contributed by atoms with Crippen LogP contribution in [0.2, 0.25) is 0 Å². The van der Waals surface area contributed by atoms with Crippen LogP contribution in [0.1, 0.15) is 21.7 Å². The fourth-order valence-corrected chi connectivity index (χ4v) is 1.93. The van der Waals surface area contributed by atoms with Gasteiger partial charge in [-0.25, -0.2) is 4.39 Å². The fraction of sp³-hybridized carbons (Fsp3) is 0.154. The number of amides is 1. The summed E-state index contributed by atoms with van der Waals surface area (Å²) in [4.78, 5) is 11.7. The summed E-state index contributed by atoms with van der Waals surface area (Å²) in [5, 5.41) is 2.64. The summed E-state index contributed by atoms with van der Waals surface area (Å²) in [7, 11) is 0. The van der Waals surface area contributed by atoms with Crippen molar-refractivity contribution in [3.05, 3.63) is 57.7 Å². The molecule has 0 fully saturated rings. The van der Waals surface area contributed by atoms with E-state index in [0.29, 0.717) is 16.9 Å². The van der Waals surface area contributed by atoms with Crippen molar-refractivity contribution >= 4 is 21.8 Å². The Labute approximate surface area is 112 Å². The third kappa shape index (κ3) is 2.98. The minimum Gasteiger partial charge on any atom is -0.469 e. The minimum absolute atomic E-state index is 0.133. The fourth-order valence-electron chi connectivity index (χ4n) is 1.52. The van der Waals surface area contributed by atoms with E-state index >= 15 is 0 Å². The number of carbonyl (C=O) groups is 1. The van der Waals surface area contributed by atoms with Gasteiger partial charge in [-0.15, -0.1) is 0 Å². The normalized spacial score (nSPS) is 10.4. The van der Waals surface area contributed by atoms with E-state index in [4.69, 9.17) is 4.42 Å². The van der Waals surface area contributed by atoms with Gasteiger partial charge in [0.1, 0.15) is 17.8 Å². The lowest BCUT2D eigenvalue weighted by Gasteiger charge is -2.05. The van der Waals surface area contributed by atoms with Gasteiger partial charge in [0, 0.05) is 16.6 Å². The van der Waals surface area contributed by atoms with Gasteiger partial charge in [0.2, 0.25) is 0 Å². The lowest BCUT2D eigenvalue weighted by molar-refractivity contribution is 0.0950. The van der Waals surface area contributed by atoms with Crippen molar-refractivity contribution in [2.75, 3.05) is 0 Å². The average molecular weight is 312 g/mol. The van der Waals surface area contributed by atoms with Crippen LogP contribution in [-0.2, 0) is 6.54 Å². The SMILES string of the molecule is Cc1cc(C(=O)NCc2cc(Br)ccc2F)co1. The number of aryl methyl sites for hydroxylation is 1. The summed E-state index contributed by atoms with van der Waals surface area (Å²) < 4.78 is 19.2. The maximum atomic E-state index is 13.4. The predicted octanol–water partition coefficient (Wildman–Crippen LogP) is 3.42. The van der Waals surface area contributed by atoms with Gasteiger partial charge in [-0.05, 0) is 31.2 Å². The molecule has 3 nitrogen and oxygen atoms in total. The second kappa shape index (κ2) is 5.35. The maximum absolute atomic E-state index is 13.4. The Kier molecular flexibility index (Phi) is 3.81. The Morgan fingerprint density at radius 3 is 2.89 bits per heavy atom. The number of carbonyl (C=O) groups excluding carboxylic acids is 1. The molecule has 1 aromatic carbocycles. The highest BCUT2D eigenvalue weighted by molar-refractivity contribution is 9.10. The molecule has 0 atom stereocenters. The molecule has 1 aromatic heterocycles. The summed E-state index contributed by atoms with van der Waals surface area (Å²) in [6.07, 6.45) is 1.38. The molecule has 1 amide bonds. The van der Waals surface area contributed by atoms with Crippen LogP contribution in [0.5, 0.6) is 0 Å². The highest BCUT2D eigenvalue weighted by Gasteiger charge is 2.09. The van der Waals surface area contributed by atoms with Crippen LogP contribution in [0, 0.1) is 12.7 Å². The lowest BCUT2D eigenvalue weighted by Crippen LogP contribution is -2.22. The van der Waals surface area contributed by atoms with Gasteiger partial charge in [0.15, 0.2) is 0 Å². The first-order valence-corrected chi connectivity index (χ1v) is 6.13. The second-order valence-electron chi connectivity index (χ2n) is 3.86. The summed E-state index contributed by atoms with van der Waals surface area (Å²) >= 11 is 3.26. The van der Waals surface area contributed by atoms with Crippen LogP contribution in [0.15, 0.2) is 39.4 Å². The molecule has 94 valence electrons. The molecule has 0 aliphatic rings. The van der Waals surface area contributed by atoms with Gasteiger partial charge in [-0.2, -0.15) is 0 Å². The van der Waals surface area contributed by atoms with Crippen molar-refractivity contribution in [2.24, 2.45) is 0 Å². The Balaban J connectivity index is 2.03. The van der Waals surface area contributed by atoms with Crippen LogP contribution in [0.25, 0.3) is 0 Å². The van der Waals surface area contributed by atoms with E-state index in [1.807, 2.05) is 0 Å². The first kappa shape index (κ1) is 12.8. The van der Waals surface area contributed by atoms with Crippen LogP contribution in [-0.4, -0.2) is 5.91 Å². The van der Waals surface area contributed by atoms with E-state index in [2.05, 4.69) is 21.2 Å². The van der Waals surface area contributed by atoms with Crippen molar-refractivity contribution in [2.45, 2.75) is 13.5 Å². The zero-order chi connectivity index (χ0) is 13.1. The summed E-state index contributed by atoms with van der Waals surface area (Å²) in [6.45, 7) is 1.89. The summed E-state index contributed by atoms with van der Waals surface area (Å²) in [5.41, 5.74) is 0.862. The molecule has 5 heteroatoms. The molecule has 0 unspecified atom stereocenters. The average Bonchev–Trinajstić information content (AvgIpc) is 2.77. The first-order valence-electron chi connectivity index (χ1n) is 5.33. The number of nitrogens with one attached hydrogen (secondary N) is 1. The van der Waals surface area contributed by atoms with Gasteiger partial charge in [0.25, 0.3) is 5.91 Å². The van der Waals surface area contributed by atoms with Crippen molar-refractivity contribution in [1.82, 2.24) is 5.32 Å². The summed E-state index contributed by atoms with van der Waals surface area (Å²) in [5.74, 6) is 0.0295. The Morgan fingerprint density at radius 1 is 1.44 bits per heavy atom. The van der Waals surface area contributed by atoms with E-state index in [1.165, 1.54) is 12.3 Å². The Bertz CT molecular complexity index is 580. The van der Waals surface area contributed by atoms with Gasteiger partial charge in [-0.3, -0.25) is 4.79 Å². The zero-order valence-corrected chi connectivity index (χ0v) is 11.3. The van der Waals surface area contributed by atoms with Gasteiger partial charge < -0.3 is 9.73 Å². The molecule has 18 heavy (non-hydrogen) atoms. The topological polar surface area (TPSA) is 42.2 Å². The van der Waals surface area contributed by atoms with Gasteiger partial charge >= 0.3 is 0 Å². The smallest absolute Gasteiger partial charge is 0.254 e. The molecule has 0 spiro atoms. The van der Waals surface area contributed by atoms with Gasteiger partial charge in [0.05, 0.1) is 5.56 Å². The highest BCUT2D eigenvalue weighted by atomic mass is 79.9. The molecule has 0 radical (unpaired) electrons. The van der Waals surface area contributed by atoms with Crippen molar-refractivity contribution < 1.29 is 13.6 Å². The number of furan rings is 1. The zero-order valence-electron chi connectivity index (χ0n) is 9.67. The van der Waals surface area contributed by atoms with E-state index in [9.17, 15) is 9.18 Å². The molecule has 0 saturated heterocycles. The van der Waals surface area contributed by atoms with E-state index in [0.717, 1.165) is 4.47 Å². The molecule has 1 heterocycles. The molecular formula is C13H11BrFNO2. The maximum Gasteiger partial charge on any atom is 0.254 e. The summed E-state index contributed by atoms with van der Waals surface area (Å²) in [6, 6.07) is 6.23. The molecule has 0 bridgehead atoms. The highest BCUT2D eigenvalue weighted by Crippen LogP contribution is 2.15. The standard InChI is InChI=1S/C13H11BrFNO2/c1-8-4-10(7-18-8)13(17)16-6-9-5-11(14)2-3-12(9)15/h2-5,7H,6H2,1H3,(H,16,17). The third-order valence-corrected chi connectivity index (χ3v) is 2.93. The van der Waals surface area contributed by atoms with E-state index in [1.54, 1.807) is 25.1 Å². The van der Waals surface area contributed by atoms with Crippen molar-refractivity contribution in [1.29, 1.82) is 0 Å². The molecule has 0 aliphatic carbocycles. The number of hydrogen-bond donors (Lipinski definition) is 1. The largest absolute Gasteiger partial charge is 0.469 e. The molecule has 2 rings (SSSR count). The number of benzene rings is 1. The van der Waals surface area contributed by atoms with Crippen LogP contribution in [0.3, 0.4) is 0 Å². The molecular weight excluding hydrogens is 301 g/mol. The van der Waals surface area contributed by atoms with Crippen LogP contribution < -0.4 is 5.32 Å². The lowest BCUT2D eigenvalue weighted by atomic mass is 10.2. The predicted molar refractivity (Wildman–Crippen MR) is 68.7 cm³/mol. The minimum atomic E-state index is -0.345. The Hall–Kier alpha value is -1.62. The quantitative estimate of drug-likeness (QED) is 0.943. The van der Waals surface area contributed by atoms with E-state index in [-0.39, 0.29) is 18.3 Å². The molecule has 0 saturated carbocycles. The number of rotatable bonds is 3. The molecule has 2 aromatic rings. The van der Waals surface area contributed by atoms with Gasteiger partial charge in [-0.1, -0.05) is 15.9 Å². The molecule has 0 aliphatic heterocycles. The second-order valence-corrected chi connectivity index (χ2v) is 4.78. The van der Waals surface area contributed by atoms with Crippen LogP contribution >= 0.6 is 15.9 Å². The third-order valence-electron chi connectivity index (χ3n) is 2.44. The monoisotopic (exact) mass is 311 g/mol. The van der Waals surface area contributed by atoms with Crippen molar-refractivity contribution in [3.8, 4) is 0 Å². The Morgan fingerprint density at radius 2 is 2.22 bits per heavy atom. The molecule has 1 N–H and O–H groups in total. The number of halogens is 2. The first-order chi connectivity index (χ1) is 8.56.